The number of amides is 4. The van der Waals surface area contributed by atoms with Gasteiger partial charge in [0, 0.05) is 37.2 Å². The van der Waals surface area contributed by atoms with E-state index in [0.29, 0.717) is 56.1 Å². The van der Waals surface area contributed by atoms with E-state index in [9.17, 15) is 41.1 Å². The quantitative estimate of drug-likeness (QED) is 0.252. The molecule has 2 aromatic rings. The number of aromatic nitrogens is 1. The summed E-state index contributed by atoms with van der Waals surface area (Å²) in [6.07, 6.45) is -1.09. The van der Waals surface area contributed by atoms with Crippen molar-refractivity contribution in [3.8, 4) is 11.6 Å². The van der Waals surface area contributed by atoms with E-state index in [1.54, 1.807) is 37.4 Å². The Labute approximate surface area is 354 Å². The van der Waals surface area contributed by atoms with E-state index in [1.165, 1.54) is 14.0 Å². The predicted molar refractivity (Wildman–Crippen MR) is 221 cm³/mol. The maximum Gasteiger partial charge on any atom is 0.411 e. The third kappa shape index (κ3) is 8.67. The Morgan fingerprint density at radius 3 is 2.41 bits per heavy atom. The second-order valence-electron chi connectivity index (χ2n) is 18.1. The van der Waals surface area contributed by atoms with Crippen LogP contribution in [0.5, 0.6) is 11.6 Å². The van der Waals surface area contributed by atoms with E-state index < -0.39 is 85.9 Å². The van der Waals surface area contributed by atoms with Crippen LogP contribution >= 0.6 is 0 Å². The van der Waals surface area contributed by atoms with Gasteiger partial charge in [-0.05, 0) is 89.3 Å². The number of benzene rings is 1. The van der Waals surface area contributed by atoms with Crippen molar-refractivity contribution in [2.24, 2.45) is 17.8 Å². The fraction of sp³-hybridized carbons (Fsp3) is 0.643. The number of pyridine rings is 1. The van der Waals surface area contributed by atoms with Gasteiger partial charge in [0.1, 0.15) is 35.0 Å². The van der Waals surface area contributed by atoms with Gasteiger partial charge in [-0.15, -0.1) is 0 Å². The van der Waals surface area contributed by atoms with Gasteiger partial charge in [0.25, 0.3) is 5.91 Å². The summed E-state index contributed by atoms with van der Waals surface area (Å²) in [5.41, 5.74) is -4.03. The number of rotatable bonds is 10. The summed E-state index contributed by atoms with van der Waals surface area (Å²) < 4.78 is 84.0. The molecule has 1 aromatic heterocycles. The maximum atomic E-state index is 15.2. The largest absolute Gasteiger partial charge is 0.497 e. The highest BCUT2D eigenvalue weighted by Gasteiger charge is 2.64. The molecule has 1 aromatic carbocycles. The number of hydrogen-bond acceptors (Lipinski definition) is 10. The standard InChI is InChI=1S/C42H57F3N6O9S/c1-9-25-18-24(2)12-10-11-13-26-21-41(26,37(54)48-61(57,58)40(5)16-17-40)47-34(52)31-20-28(23-50(31)36(53)33(25)51(38(55)56)39(3,4)42(43,44)45)60-35-29-15-14-27(59-8)19-30(29)32(22-46-35)49(6)7/h11,13-15,19,22,24-26,28,31,33H,9-10,12,16-18,20-21,23H2,1-8H3,(H,47,52)(H,48,54)(H,55,56)/b13-11-/t24-,25-,26-,28-,31+,33+,41-/m1/s1. The maximum absolute atomic E-state index is 15.2. The Hall–Kier alpha value is -4.81. The highest BCUT2D eigenvalue weighted by atomic mass is 32.2. The summed E-state index contributed by atoms with van der Waals surface area (Å²) in [6.45, 7) is 6.13. The van der Waals surface area contributed by atoms with Crippen molar-refractivity contribution in [1.82, 2.24) is 24.8 Å². The molecule has 0 spiro atoms. The molecule has 0 radical (unpaired) electrons. The third-order valence-corrected chi connectivity index (χ3v) is 15.3. The molecule has 0 unspecified atom stereocenters. The van der Waals surface area contributed by atoms with Crippen LogP contribution in [0, 0.1) is 17.8 Å². The fourth-order valence-corrected chi connectivity index (χ4v) is 10.00. The van der Waals surface area contributed by atoms with E-state index >= 15 is 4.79 Å². The van der Waals surface area contributed by atoms with Gasteiger partial charge in [0.05, 0.1) is 30.3 Å². The van der Waals surface area contributed by atoms with Gasteiger partial charge in [0.15, 0.2) is 0 Å². The number of nitrogens with one attached hydrogen (secondary N) is 2. The van der Waals surface area contributed by atoms with Gasteiger partial charge in [-0.3, -0.25) is 24.0 Å². The van der Waals surface area contributed by atoms with Gasteiger partial charge in [-0.1, -0.05) is 32.4 Å². The minimum absolute atomic E-state index is 0.0498. The molecule has 19 heteroatoms. The lowest BCUT2D eigenvalue weighted by Gasteiger charge is -2.46. The molecule has 3 heterocycles. The zero-order valence-corrected chi connectivity index (χ0v) is 36.7. The summed E-state index contributed by atoms with van der Waals surface area (Å²) >= 11 is 0. The van der Waals surface area contributed by atoms with Gasteiger partial charge < -0.3 is 29.7 Å². The molecule has 2 aliphatic heterocycles. The van der Waals surface area contributed by atoms with E-state index in [2.05, 4.69) is 15.0 Å². The number of carboxylic acid groups (broad SMARTS) is 1. The number of carbonyl (C=O) groups is 4. The number of anilines is 1. The van der Waals surface area contributed by atoms with Crippen LogP contribution in [0.3, 0.4) is 0 Å². The van der Waals surface area contributed by atoms with Crippen molar-refractivity contribution in [3.05, 3.63) is 36.5 Å². The Bertz CT molecular complexity index is 2200. The zero-order chi connectivity index (χ0) is 45.0. The Morgan fingerprint density at radius 1 is 1.13 bits per heavy atom. The Balaban J connectivity index is 1.45. The molecule has 3 N–H and O–H groups in total. The van der Waals surface area contributed by atoms with Crippen molar-refractivity contribution in [1.29, 1.82) is 0 Å². The lowest BCUT2D eigenvalue weighted by Crippen LogP contribution is -2.66. The van der Waals surface area contributed by atoms with E-state index in [1.807, 2.05) is 32.0 Å². The van der Waals surface area contributed by atoms with Gasteiger partial charge in [-0.2, -0.15) is 13.2 Å². The summed E-state index contributed by atoms with van der Waals surface area (Å²) in [7, 11) is 1.06. The fourth-order valence-electron chi connectivity index (χ4n) is 8.69. The van der Waals surface area contributed by atoms with Crippen LogP contribution in [-0.4, -0.2) is 120 Å². The van der Waals surface area contributed by atoms with Crippen molar-refractivity contribution in [2.45, 2.75) is 126 Å². The number of sulfonamides is 1. The molecular formula is C42H57F3N6O9S. The predicted octanol–water partition coefficient (Wildman–Crippen LogP) is 5.62. The second kappa shape index (κ2) is 16.5. The third-order valence-electron chi connectivity index (χ3n) is 13.1. The first-order valence-corrected chi connectivity index (χ1v) is 22.1. The van der Waals surface area contributed by atoms with Crippen molar-refractivity contribution in [3.63, 3.8) is 0 Å². The van der Waals surface area contributed by atoms with Crippen LogP contribution in [0.15, 0.2) is 36.5 Å². The molecule has 7 atom stereocenters. The van der Waals surface area contributed by atoms with E-state index in [4.69, 9.17) is 9.47 Å². The number of carbonyl (C=O) groups excluding carboxylic acids is 3. The number of hydrogen-bond donors (Lipinski definition) is 3. The average Bonchev–Trinajstić information content (AvgIpc) is 4.06. The smallest absolute Gasteiger partial charge is 0.411 e. The van der Waals surface area contributed by atoms with Crippen molar-refractivity contribution >= 4 is 50.3 Å². The van der Waals surface area contributed by atoms with Gasteiger partial charge in [0.2, 0.25) is 27.7 Å². The first-order valence-electron chi connectivity index (χ1n) is 20.7. The molecule has 0 bridgehead atoms. The van der Waals surface area contributed by atoms with Crippen LogP contribution in [0.2, 0.25) is 0 Å². The molecule has 6 rings (SSSR count). The number of halogens is 3. The molecule has 4 aliphatic rings. The first-order chi connectivity index (χ1) is 28.4. The van der Waals surface area contributed by atoms with Crippen LogP contribution in [0.4, 0.5) is 23.7 Å². The van der Waals surface area contributed by atoms with E-state index in [-0.39, 0.29) is 48.9 Å². The summed E-state index contributed by atoms with van der Waals surface area (Å²) in [6, 6.07) is 1.87. The van der Waals surface area contributed by atoms with E-state index in [0.717, 1.165) is 10.6 Å². The minimum Gasteiger partial charge on any atom is -0.497 e. The molecule has 61 heavy (non-hydrogen) atoms. The molecule has 3 fully saturated rings. The van der Waals surface area contributed by atoms with Crippen LogP contribution in [-0.2, 0) is 24.4 Å². The zero-order valence-electron chi connectivity index (χ0n) is 35.8. The summed E-state index contributed by atoms with van der Waals surface area (Å²) in [5, 5.41) is 14.6. The van der Waals surface area contributed by atoms with Gasteiger partial charge >= 0.3 is 12.3 Å². The monoisotopic (exact) mass is 878 g/mol. The molecule has 2 aliphatic carbocycles. The molecule has 336 valence electrons. The second-order valence-corrected chi connectivity index (χ2v) is 20.3. The Kier molecular flexibility index (Phi) is 12.3. The number of allylic oxidation sites excluding steroid dienone is 1. The highest BCUT2D eigenvalue weighted by molar-refractivity contribution is 7.91. The van der Waals surface area contributed by atoms with Crippen LogP contribution in [0.25, 0.3) is 10.8 Å². The molecule has 15 nitrogen and oxygen atoms in total. The lowest BCUT2D eigenvalue weighted by atomic mass is 9.82. The molecular weight excluding hydrogens is 822 g/mol. The topological polar surface area (TPSA) is 188 Å². The first kappa shape index (κ1) is 45.7. The number of methoxy groups -OCH3 is 1. The summed E-state index contributed by atoms with van der Waals surface area (Å²) in [4.78, 5) is 64.7. The number of nitrogens with zero attached hydrogens (tertiary/aromatic N) is 4. The van der Waals surface area contributed by atoms with Crippen molar-refractivity contribution in [2.75, 3.05) is 32.6 Å². The van der Waals surface area contributed by atoms with Gasteiger partial charge in [-0.25, -0.2) is 18.2 Å². The number of alkyl halides is 3. The minimum atomic E-state index is -5.10. The highest BCUT2D eigenvalue weighted by Crippen LogP contribution is 2.48. The molecule has 1 saturated heterocycles. The SMILES string of the molecule is CC[C@@H]1C[C@H](C)CC/C=C\[C@@H]2C[C@@]2(C(=O)NS(=O)(=O)C2(C)CC2)NC(=O)[C@@H]2C[C@@H](Oc3ncc(N(C)C)c4cc(OC)ccc34)CN2C(=O)[C@H]1N(C(=O)O)C(C)(C)C(F)(F)F. The average molecular weight is 879 g/mol. The number of fused-ring (bicyclic) bond motifs is 3. The van der Waals surface area contributed by atoms with Crippen LogP contribution in [0.1, 0.15) is 86.0 Å². The lowest BCUT2D eigenvalue weighted by molar-refractivity contribution is -0.222. The van der Waals surface area contributed by atoms with Crippen LogP contribution < -0.4 is 24.4 Å². The Morgan fingerprint density at radius 2 is 1.82 bits per heavy atom. The number of ether oxygens (including phenoxy) is 2. The molecule has 4 amide bonds. The van der Waals surface area contributed by atoms with Crippen molar-refractivity contribution < 1.29 is 55.3 Å². The molecule has 2 saturated carbocycles. The normalized spacial score (nSPS) is 28.6. The summed E-state index contributed by atoms with van der Waals surface area (Å²) in [5.74, 6) is -3.86.